The first-order valence-corrected chi connectivity index (χ1v) is 7.56. The smallest absolute Gasteiger partial charge is 0.328 e. The Hall–Kier alpha value is -1.13. The number of carboxylic acids is 1. The number of carboxylic acid groups (broad SMARTS) is 1. The molecule has 1 aliphatic rings. The molecule has 5 heteroatoms. The normalized spacial score (nSPS) is 19.9. The van der Waals surface area contributed by atoms with Crippen LogP contribution in [0.3, 0.4) is 0 Å². The maximum atomic E-state index is 10.7. The maximum Gasteiger partial charge on any atom is 0.328 e. The van der Waals surface area contributed by atoms with E-state index >= 15 is 0 Å². The molecule has 3 nitrogen and oxygen atoms in total. The van der Waals surface area contributed by atoms with Crippen molar-refractivity contribution in [2.45, 2.75) is 12.2 Å². The molecule has 1 atom stereocenters. The van der Waals surface area contributed by atoms with E-state index in [0.29, 0.717) is 10.3 Å². The zero-order valence-electron chi connectivity index (χ0n) is 10.7. The number of halogens is 1. The lowest BCUT2D eigenvalue weighted by Gasteiger charge is -2.33. The van der Waals surface area contributed by atoms with Crippen molar-refractivity contribution in [2.75, 3.05) is 23.7 Å². The summed E-state index contributed by atoms with van der Waals surface area (Å²) in [6, 6.07) is 5.62. The van der Waals surface area contributed by atoms with Crippen LogP contribution in [0.5, 0.6) is 0 Å². The molecule has 1 fully saturated rings. The minimum Gasteiger partial charge on any atom is -0.478 e. The van der Waals surface area contributed by atoms with Crippen molar-refractivity contribution in [3.8, 4) is 0 Å². The van der Waals surface area contributed by atoms with Gasteiger partial charge in [-0.1, -0.05) is 18.5 Å². The first kappa shape index (κ1) is 14.3. The van der Waals surface area contributed by atoms with Gasteiger partial charge in [0.15, 0.2) is 0 Å². The highest BCUT2D eigenvalue weighted by molar-refractivity contribution is 8.00. The van der Waals surface area contributed by atoms with Crippen LogP contribution in [0.15, 0.2) is 24.3 Å². The van der Waals surface area contributed by atoms with Crippen LogP contribution >= 0.6 is 23.4 Å². The highest BCUT2D eigenvalue weighted by atomic mass is 35.5. The molecular formula is C14H16ClNO2S. The van der Waals surface area contributed by atoms with Crippen molar-refractivity contribution in [3.63, 3.8) is 0 Å². The van der Waals surface area contributed by atoms with Gasteiger partial charge in [-0.15, -0.1) is 0 Å². The van der Waals surface area contributed by atoms with Gasteiger partial charge in [0.25, 0.3) is 0 Å². The molecule has 0 radical (unpaired) electrons. The molecule has 1 unspecified atom stereocenters. The first-order valence-electron chi connectivity index (χ1n) is 6.13. The van der Waals surface area contributed by atoms with E-state index in [1.165, 1.54) is 0 Å². The van der Waals surface area contributed by atoms with Crippen LogP contribution in [0, 0.1) is 0 Å². The van der Waals surface area contributed by atoms with Gasteiger partial charge in [-0.2, -0.15) is 11.8 Å². The monoisotopic (exact) mass is 297 g/mol. The molecule has 0 bridgehead atoms. The van der Waals surface area contributed by atoms with E-state index in [-0.39, 0.29) is 0 Å². The van der Waals surface area contributed by atoms with Gasteiger partial charge in [-0.25, -0.2) is 4.79 Å². The van der Waals surface area contributed by atoms with E-state index in [4.69, 9.17) is 16.7 Å². The Bertz CT molecular complexity index is 504. The highest BCUT2D eigenvalue weighted by Crippen LogP contribution is 2.29. The van der Waals surface area contributed by atoms with Crippen LogP contribution in [0.4, 0.5) is 5.69 Å². The fourth-order valence-electron chi connectivity index (χ4n) is 2.15. The Morgan fingerprint density at radius 1 is 1.58 bits per heavy atom. The number of hydrogen-bond acceptors (Lipinski definition) is 3. The Kier molecular flexibility index (Phi) is 4.77. The molecule has 0 saturated carbocycles. The minimum absolute atomic E-state index is 0.584. The van der Waals surface area contributed by atoms with Crippen LogP contribution in [0.2, 0.25) is 5.02 Å². The Morgan fingerprint density at radius 3 is 3.05 bits per heavy atom. The van der Waals surface area contributed by atoms with Crippen molar-refractivity contribution in [2.24, 2.45) is 0 Å². The number of hydrogen-bond donors (Lipinski definition) is 1. The predicted molar refractivity (Wildman–Crippen MR) is 82.3 cm³/mol. The molecule has 1 saturated heterocycles. The lowest BCUT2D eigenvalue weighted by molar-refractivity contribution is -0.131. The van der Waals surface area contributed by atoms with Crippen LogP contribution in [-0.2, 0) is 4.79 Å². The average Bonchev–Trinajstić information content (AvgIpc) is 2.36. The summed E-state index contributed by atoms with van der Waals surface area (Å²) in [4.78, 5) is 13.0. The number of carbonyl (C=O) groups is 1. The summed E-state index contributed by atoms with van der Waals surface area (Å²) in [5, 5.41) is 9.95. The SMILES string of the molecule is CC1CN(c2ccc(Cl)cc2/C=C/C(=O)O)CCS1. The fraction of sp³-hybridized carbons (Fsp3) is 0.357. The standard InChI is InChI=1S/C14H16ClNO2S/c1-10-9-16(6-7-19-10)13-4-3-12(15)8-11(13)2-5-14(17)18/h2-5,8,10H,6-7,9H2,1H3,(H,17,18)/b5-2+. The summed E-state index contributed by atoms with van der Waals surface area (Å²) in [5.74, 6) is 0.139. The van der Waals surface area contributed by atoms with Crippen molar-refractivity contribution in [1.29, 1.82) is 0 Å². The van der Waals surface area contributed by atoms with Gasteiger partial charge in [-0.05, 0) is 29.8 Å². The molecule has 1 aromatic carbocycles. The number of anilines is 1. The molecule has 2 rings (SSSR count). The van der Waals surface area contributed by atoms with Gasteiger partial charge in [0, 0.05) is 40.9 Å². The van der Waals surface area contributed by atoms with Crippen molar-refractivity contribution < 1.29 is 9.90 Å². The second-order valence-corrected chi connectivity index (χ2v) is 6.48. The molecule has 1 heterocycles. The molecule has 1 aliphatic heterocycles. The minimum atomic E-state index is -0.950. The van der Waals surface area contributed by atoms with Crippen molar-refractivity contribution in [1.82, 2.24) is 0 Å². The lowest BCUT2D eigenvalue weighted by Crippen LogP contribution is -2.36. The number of nitrogens with zero attached hydrogens (tertiary/aromatic N) is 1. The third-order valence-electron chi connectivity index (χ3n) is 2.98. The summed E-state index contributed by atoms with van der Waals surface area (Å²) in [6.45, 7) is 4.16. The molecule has 0 aliphatic carbocycles. The van der Waals surface area contributed by atoms with E-state index in [2.05, 4.69) is 11.8 Å². The molecule has 1 aromatic rings. The predicted octanol–water partition coefficient (Wildman–Crippen LogP) is 3.38. The molecule has 0 spiro atoms. The summed E-state index contributed by atoms with van der Waals surface area (Å²) in [5.41, 5.74) is 1.91. The number of thioether (sulfide) groups is 1. The maximum absolute atomic E-state index is 10.7. The van der Waals surface area contributed by atoms with Crippen molar-refractivity contribution >= 4 is 41.1 Å². The molecule has 19 heavy (non-hydrogen) atoms. The van der Waals surface area contributed by atoms with E-state index < -0.39 is 5.97 Å². The largest absolute Gasteiger partial charge is 0.478 e. The Balaban J connectivity index is 2.30. The summed E-state index contributed by atoms with van der Waals surface area (Å²) >= 11 is 7.96. The van der Waals surface area contributed by atoms with E-state index in [0.717, 1.165) is 36.2 Å². The third-order valence-corrected chi connectivity index (χ3v) is 4.35. The molecular weight excluding hydrogens is 282 g/mol. The molecule has 0 aromatic heterocycles. The lowest BCUT2D eigenvalue weighted by atomic mass is 10.1. The Labute approximate surface area is 122 Å². The number of aliphatic carboxylic acids is 1. The zero-order chi connectivity index (χ0) is 13.8. The quantitative estimate of drug-likeness (QED) is 0.868. The van der Waals surface area contributed by atoms with Crippen LogP contribution in [0.1, 0.15) is 12.5 Å². The van der Waals surface area contributed by atoms with Gasteiger partial charge >= 0.3 is 5.97 Å². The van der Waals surface area contributed by atoms with Gasteiger partial charge in [0.05, 0.1) is 0 Å². The molecule has 0 amide bonds. The zero-order valence-corrected chi connectivity index (χ0v) is 12.2. The second kappa shape index (κ2) is 6.35. The average molecular weight is 298 g/mol. The topological polar surface area (TPSA) is 40.5 Å². The number of benzene rings is 1. The van der Waals surface area contributed by atoms with E-state index in [9.17, 15) is 4.79 Å². The van der Waals surface area contributed by atoms with Gasteiger partial charge < -0.3 is 10.0 Å². The van der Waals surface area contributed by atoms with Crippen LogP contribution in [-0.4, -0.2) is 35.2 Å². The number of rotatable bonds is 3. The summed E-state index contributed by atoms with van der Waals surface area (Å²) in [6.07, 6.45) is 2.76. The fourth-order valence-corrected chi connectivity index (χ4v) is 3.34. The van der Waals surface area contributed by atoms with E-state index in [1.54, 1.807) is 6.08 Å². The van der Waals surface area contributed by atoms with Crippen molar-refractivity contribution in [3.05, 3.63) is 34.9 Å². The molecule has 102 valence electrons. The Morgan fingerprint density at radius 2 is 2.37 bits per heavy atom. The first-order chi connectivity index (χ1) is 9.06. The second-order valence-electron chi connectivity index (χ2n) is 4.50. The van der Waals surface area contributed by atoms with Crippen LogP contribution in [0.25, 0.3) is 6.08 Å². The van der Waals surface area contributed by atoms with Gasteiger partial charge in [0.1, 0.15) is 0 Å². The van der Waals surface area contributed by atoms with Gasteiger partial charge in [0.2, 0.25) is 0 Å². The van der Waals surface area contributed by atoms with Crippen LogP contribution < -0.4 is 4.90 Å². The summed E-state index contributed by atoms with van der Waals surface area (Å²) in [7, 11) is 0. The van der Waals surface area contributed by atoms with E-state index in [1.807, 2.05) is 30.0 Å². The van der Waals surface area contributed by atoms with Gasteiger partial charge in [-0.3, -0.25) is 0 Å². The molecule has 1 N–H and O–H groups in total. The third kappa shape index (κ3) is 3.91. The highest BCUT2D eigenvalue weighted by Gasteiger charge is 2.18. The summed E-state index contributed by atoms with van der Waals surface area (Å²) < 4.78 is 0.